The van der Waals surface area contributed by atoms with E-state index in [1.165, 1.54) is 11.1 Å². The lowest BCUT2D eigenvalue weighted by atomic mass is 9.39. The van der Waals surface area contributed by atoms with Crippen LogP contribution in [0.4, 0.5) is 0 Å². The van der Waals surface area contributed by atoms with Gasteiger partial charge in [0, 0.05) is 12.0 Å². The van der Waals surface area contributed by atoms with Crippen LogP contribution in [0.3, 0.4) is 0 Å². The van der Waals surface area contributed by atoms with E-state index in [0.29, 0.717) is 18.4 Å². The molecule has 2 bridgehead atoms. The number of hydrogen-bond acceptors (Lipinski definition) is 5. The second-order valence-corrected chi connectivity index (χ2v) is 14.7. The maximum Gasteiger partial charge on any atom is 0.200 e. The van der Waals surface area contributed by atoms with Gasteiger partial charge in [-0.05, 0) is 98.8 Å². The molecule has 4 rings (SSSR count). The first kappa shape index (κ1) is 32.9. The summed E-state index contributed by atoms with van der Waals surface area (Å²) in [5, 5.41) is 11.3. The number of carbonyl (C=O) groups is 3. The van der Waals surface area contributed by atoms with Gasteiger partial charge in [0.1, 0.15) is 17.4 Å². The predicted molar refractivity (Wildman–Crippen MR) is 171 cm³/mol. The number of aliphatic hydroxyl groups is 1. The van der Waals surface area contributed by atoms with Crippen molar-refractivity contribution in [3.8, 4) is 0 Å². The molecule has 1 aliphatic heterocycles. The lowest BCUT2D eigenvalue weighted by Crippen LogP contribution is -2.66. The molecule has 43 heavy (non-hydrogen) atoms. The molecule has 5 heteroatoms. The monoisotopic (exact) mass is 586 g/mol. The van der Waals surface area contributed by atoms with Crippen molar-refractivity contribution in [3.05, 3.63) is 82.2 Å². The number of allylic oxidation sites excluding steroid dienone is 8. The Balaban J connectivity index is 2.11. The van der Waals surface area contributed by atoms with E-state index in [1.807, 2.05) is 26.0 Å². The van der Waals surface area contributed by atoms with Crippen LogP contribution < -0.4 is 0 Å². The van der Waals surface area contributed by atoms with Crippen molar-refractivity contribution >= 4 is 17.3 Å². The van der Waals surface area contributed by atoms with E-state index in [9.17, 15) is 14.7 Å². The average molecular weight is 587 g/mol. The maximum atomic E-state index is 15.3. The third-order valence-electron chi connectivity index (χ3n) is 10.3. The van der Waals surface area contributed by atoms with Gasteiger partial charge in [0.15, 0.2) is 17.3 Å². The molecular weight excluding hydrogens is 536 g/mol. The standard InChI is InChI=1S/C38H50O5/c1-24(2)14-13-20-36(9)28(18-17-25(3)4)22-37(21-19-26(5)6)32(40)30(31(39)27-15-11-10-12-16-27)33-38(36,34(37)41)23-29(43-33)35(7,8)42/h10-12,14-17,19,28-29,42H,13,18,20-23H2,1-9H3/t28-,29-,36+,37+,38-/m0/s1. The molecule has 0 unspecified atom stereocenters. The molecule has 1 saturated heterocycles. The van der Waals surface area contributed by atoms with Crippen molar-refractivity contribution < 1.29 is 24.2 Å². The van der Waals surface area contributed by atoms with Crippen molar-refractivity contribution in [2.45, 2.75) is 113 Å². The van der Waals surface area contributed by atoms with Crippen molar-refractivity contribution in [1.29, 1.82) is 0 Å². The SMILES string of the molecule is CC(C)=CCC[C@]1(C)[C@@H](CC=C(C)C)C[C@]2(CC=C(C)C)C(=O)C(C(=O)c3ccccc3)=C3O[C@H](C(C)(C)O)C[C@@]31C2=O. The number of fused-ring (bicyclic) bond motifs is 1. The molecule has 2 aliphatic carbocycles. The van der Waals surface area contributed by atoms with Gasteiger partial charge < -0.3 is 9.84 Å². The first-order valence-electron chi connectivity index (χ1n) is 15.7. The zero-order valence-electron chi connectivity index (χ0n) is 27.6. The number of carbonyl (C=O) groups excluding carboxylic acids is 3. The van der Waals surface area contributed by atoms with E-state index >= 15 is 4.79 Å². The highest BCUT2D eigenvalue weighted by atomic mass is 16.5. The van der Waals surface area contributed by atoms with E-state index in [1.54, 1.807) is 38.1 Å². The van der Waals surface area contributed by atoms with Crippen LogP contribution in [0.5, 0.6) is 0 Å². The largest absolute Gasteiger partial charge is 0.490 e. The zero-order chi connectivity index (χ0) is 32.0. The summed E-state index contributed by atoms with van der Waals surface area (Å²) in [6.45, 7) is 17.8. The summed E-state index contributed by atoms with van der Waals surface area (Å²) < 4.78 is 6.59. The zero-order valence-corrected chi connectivity index (χ0v) is 27.6. The van der Waals surface area contributed by atoms with Crippen molar-refractivity contribution in [3.63, 3.8) is 0 Å². The van der Waals surface area contributed by atoms with Crippen LogP contribution in [0.25, 0.3) is 0 Å². The van der Waals surface area contributed by atoms with Gasteiger partial charge in [0.05, 0.1) is 16.4 Å². The summed E-state index contributed by atoms with van der Waals surface area (Å²) in [5.74, 6) is -0.808. The van der Waals surface area contributed by atoms with Gasteiger partial charge in [0.25, 0.3) is 0 Å². The van der Waals surface area contributed by atoms with Gasteiger partial charge in [-0.25, -0.2) is 0 Å². The van der Waals surface area contributed by atoms with E-state index < -0.39 is 39.5 Å². The maximum absolute atomic E-state index is 15.3. The molecule has 0 aromatic heterocycles. The van der Waals surface area contributed by atoms with Crippen LogP contribution >= 0.6 is 0 Å². The summed E-state index contributed by atoms with van der Waals surface area (Å²) in [7, 11) is 0. The Morgan fingerprint density at radius 3 is 2.12 bits per heavy atom. The van der Waals surface area contributed by atoms with Gasteiger partial charge in [-0.1, -0.05) is 72.2 Å². The number of Topliss-reactive ketones (excluding diaryl/α,β-unsaturated/α-hetero) is 3. The van der Waals surface area contributed by atoms with Gasteiger partial charge in [0.2, 0.25) is 0 Å². The molecule has 232 valence electrons. The van der Waals surface area contributed by atoms with Crippen LogP contribution in [-0.4, -0.2) is 34.2 Å². The van der Waals surface area contributed by atoms with Gasteiger partial charge in [-0.2, -0.15) is 0 Å². The Bertz CT molecular complexity index is 1410. The van der Waals surface area contributed by atoms with Crippen LogP contribution in [0.15, 0.2) is 76.6 Å². The third kappa shape index (κ3) is 5.54. The second kappa shape index (κ2) is 11.8. The van der Waals surface area contributed by atoms with E-state index in [-0.39, 0.29) is 35.9 Å². The average Bonchev–Trinajstić information content (AvgIpc) is 3.34. The molecule has 5 nitrogen and oxygen atoms in total. The topological polar surface area (TPSA) is 80.7 Å². The molecule has 2 fully saturated rings. The lowest BCUT2D eigenvalue weighted by Gasteiger charge is -2.60. The number of hydrogen-bond donors (Lipinski definition) is 1. The highest BCUT2D eigenvalue weighted by Crippen LogP contribution is 2.71. The third-order valence-corrected chi connectivity index (χ3v) is 10.3. The highest BCUT2D eigenvalue weighted by Gasteiger charge is 2.76. The van der Waals surface area contributed by atoms with Crippen molar-refractivity contribution in [1.82, 2.24) is 0 Å². The summed E-state index contributed by atoms with van der Waals surface area (Å²) in [6, 6.07) is 8.80. The molecular formula is C38H50O5. The summed E-state index contributed by atoms with van der Waals surface area (Å²) in [5.41, 5.74) is -0.742. The minimum atomic E-state index is -1.38. The number of ketones is 3. The van der Waals surface area contributed by atoms with Gasteiger partial charge >= 0.3 is 0 Å². The van der Waals surface area contributed by atoms with Gasteiger partial charge in [-0.15, -0.1) is 0 Å². The predicted octanol–water partition coefficient (Wildman–Crippen LogP) is 8.29. The second-order valence-electron chi connectivity index (χ2n) is 14.7. The Morgan fingerprint density at radius 1 is 0.953 bits per heavy atom. The normalized spacial score (nSPS) is 29.9. The number of rotatable bonds is 10. The molecule has 1 aromatic carbocycles. The van der Waals surface area contributed by atoms with Gasteiger partial charge in [-0.3, -0.25) is 14.4 Å². The molecule has 0 amide bonds. The van der Waals surface area contributed by atoms with E-state index in [0.717, 1.165) is 18.4 Å². The Labute approximate surface area is 258 Å². The molecule has 1 heterocycles. The molecule has 1 aromatic rings. The quantitative estimate of drug-likeness (QED) is 0.129. The molecule has 1 saturated carbocycles. The number of benzene rings is 1. The fraction of sp³-hybridized carbons (Fsp3) is 0.553. The summed E-state index contributed by atoms with van der Waals surface area (Å²) in [6.07, 6.45) is 8.67. The first-order chi connectivity index (χ1) is 20.0. The molecule has 5 atom stereocenters. The van der Waals surface area contributed by atoms with Crippen LogP contribution in [0.2, 0.25) is 0 Å². The first-order valence-corrected chi connectivity index (χ1v) is 15.7. The van der Waals surface area contributed by atoms with Crippen LogP contribution in [0, 0.1) is 22.2 Å². The van der Waals surface area contributed by atoms with Crippen LogP contribution in [0.1, 0.15) is 111 Å². The summed E-state index contributed by atoms with van der Waals surface area (Å²) >= 11 is 0. The summed E-state index contributed by atoms with van der Waals surface area (Å²) in [4.78, 5) is 44.6. The smallest absolute Gasteiger partial charge is 0.200 e. The van der Waals surface area contributed by atoms with E-state index in [2.05, 4.69) is 46.8 Å². The highest BCUT2D eigenvalue weighted by molar-refractivity contribution is 6.35. The molecule has 3 aliphatic rings. The molecule has 1 N–H and O–H groups in total. The van der Waals surface area contributed by atoms with Crippen molar-refractivity contribution in [2.75, 3.05) is 0 Å². The minimum absolute atomic E-state index is 0.00573. The lowest BCUT2D eigenvalue weighted by molar-refractivity contribution is -0.168. The fourth-order valence-corrected chi connectivity index (χ4v) is 7.69. The molecule has 0 radical (unpaired) electrons. The Morgan fingerprint density at radius 2 is 1.56 bits per heavy atom. The fourth-order valence-electron chi connectivity index (χ4n) is 7.69. The van der Waals surface area contributed by atoms with Crippen molar-refractivity contribution in [2.24, 2.45) is 22.2 Å². The molecule has 1 spiro atoms. The van der Waals surface area contributed by atoms with E-state index in [4.69, 9.17) is 4.74 Å². The number of ether oxygens (including phenoxy) is 1. The van der Waals surface area contributed by atoms with Crippen LogP contribution in [-0.2, 0) is 14.3 Å². The Hall–Kier alpha value is -3.05. The Kier molecular flexibility index (Phi) is 9.02. The minimum Gasteiger partial charge on any atom is -0.490 e.